The summed E-state index contributed by atoms with van der Waals surface area (Å²) in [6.07, 6.45) is 1.61. The maximum absolute atomic E-state index is 12.4. The number of sulfonamides is 1. The van der Waals surface area contributed by atoms with Gasteiger partial charge in [0, 0.05) is 6.04 Å². The molecule has 0 unspecified atom stereocenters. The van der Waals surface area contributed by atoms with E-state index in [1.165, 1.54) is 0 Å². The molecule has 0 bridgehead atoms. The van der Waals surface area contributed by atoms with Crippen LogP contribution in [-0.4, -0.2) is 19.4 Å². The first-order valence-electron chi connectivity index (χ1n) is 7.10. The molecule has 0 amide bonds. The van der Waals surface area contributed by atoms with Gasteiger partial charge in [-0.05, 0) is 63.1 Å². The van der Waals surface area contributed by atoms with Gasteiger partial charge in [0.2, 0.25) is 0 Å². The lowest BCUT2D eigenvalue weighted by Crippen LogP contribution is -2.15. The van der Waals surface area contributed by atoms with E-state index >= 15 is 0 Å². The Bertz CT molecular complexity index is 753. The highest BCUT2D eigenvalue weighted by molar-refractivity contribution is 7.92. The van der Waals surface area contributed by atoms with Gasteiger partial charge in [0.1, 0.15) is 5.82 Å². The highest BCUT2D eigenvalue weighted by Gasteiger charge is 2.15. The molecule has 0 aliphatic rings. The van der Waals surface area contributed by atoms with Crippen LogP contribution in [0.15, 0.2) is 41.4 Å². The largest absolute Gasteiger partial charge is 0.382 e. The second kappa shape index (κ2) is 6.36. The number of rotatable bonds is 5. The van der Waals surface area contributed by atoms with Crippen LogP contribution in [0.2, 0.25) is 0 Å². The van der Waals surface area contributed by atoms with Gasteiger partial charge in [0.15, 0.2) is 0 Å². The minimum Gasteiger partial charge on any atom is -0.382 e. The molecule has 0 fully saturated rings. The highest BCUT2D eigenvalue weighted by atomic mass is 32.2. The Morgan fingerprint density at radius 3 is 2.32 bits per heavy atom. The van der Waals surface area contributed by atoms with Crippen molar-refractivity contribution in [3.8, 4) is 0 Å². The lowest BCUT2D eigenvalue weighted by Gasteiger charge is -2.11. The van der Waals surface area contributed by atoms with Crippen molar-refractivity contribution in [2.75, 3.05) is 10.0 Å². The zero-order valence-corrected chi connectivity index (χ0v) is 14.0. The van der Waals surface area contributed by atoms with Crippen LogP contribution in [0.25, 0.3) is 0 Å². The van der Waals surface area contributed by atoms with Crippen molar-refractivity contribution in [2.24, 2.45) is 0 Å². The SMILES string of the molecule is Cc1ccc(S(=O)(=O)Nc2ccc(NC(C)C)cn2)cc1C. The summed E-state index contributed by atoms with van der Waals surface area (Å²) in [5.41, 5.74) is 2.85. The van der Waals surface area contributed by atoms with Gasteiger partial charge in [-0.2, -0.15) is 0 Å². The van der Waals surface area contributed by atoms with Crippen molar-refractivity contribution >= 4 is 21.5 Å². The summed E-state index contributed by atoms with van der Waals surface area (Å²) < 4.78 is 27.2. The lowest BCUT2D eigenvalue weighted by atomic mass is 10.1. The summed E-state index contributed by atoms with van der Waals surface area (Å²) in [5, 5.41) is 3.20. The molecule has 0 spiro atoms. The fourth-order valence-electron chi connectivity index (χ4n) is 1.95. The van der Waals surface area contributed by atoms with Crippen LogP contribution >= 0.6 is 0 Å². The van der Waals surface area contributed by atoms with Crippen molar-refractivity contribution in [2.45, 2.75) is 38.6 Å². The van der Waals surface area contributed by atoms with Crippen molar-refractivity contribution < 1.29 is 8.42 Å². The Morgan fingerprint density at radius 2 is 1.77 bits per heavy atom. The van der Waals surface area contributed by atoms with E-state index in [0.29, 0.717) is 11.9 Å². The Balaban J connectivity index is 2.19. The average molecular weight is 319 g/mol. The molecule has 2 rings (SSSR count). The van der Waals surface area contributed by atoms with E-state index in [9.17, 15) is 8.42 Å². The minimum absolute atomic E-state index is 0.238. The third-order valence-electron chi connectivity index (χ3n) is 3.25. The van der Waals surface area contributed by atoms with Crippen LogP contribution in [0, 0.1) is 13.8 Å². The predicted octanol–water partition coefficient (Wildman–Crippen LogP) is 3.32. The molecule has 1 heterocycles. The van der Waals surface area contributed by atoms with E-state index in [-0.39, 0.29) is 4.90 Å². The van der Waals surface area contributed by atoms with Gasteiger partial charge in [-0.1, -0.05) is 6.07 Å². The number of hydrogen-bond donors (Lipinski definition) is 2. The number of nitrogens with one attached hydrogen (secondary N) is 2. The van der Waals surface area contributed by atoms with Gasteiger partial charge < -0.3 is 5.32 Å². The summed E-state index contributed by atoms with van der Waals surface area (Å²) in [6, 6.07) is 8.78. The van der Waals surface area contributed by atoms with Crippen LogP contribution in [-0.2, 0) is 10.0 Å². The normalized spacial score (nSPS) is 11.5. The molecule has 0 aliphatic heterocycles. The Labute approximate surface area is 131 Å². The predicted molar refractivity (Wildman–Crippen MR) is 89.7 cm³/mol. The number of nitrogens with zero attached hydrogens (tertiary/aromatic N) is 1. The van der Waals surface area contributed by atoms with Crippen LogP contribution in [0.1, 0.15) is 25.0 Å². The van der Waals surface area contributed by atoms with Crippen LogP contribution in [0.3, 0.4) is 0 Å². The molecule has 0 saturated heterocycles. The number of aromatic nitrogens is 1. The molecule has 2 N–H and O–H groups in total. The first kappa shape index (κ1) is 16.3. The second-order valence-electron chi connectivity index (χ2n) is 5.58. The summed E-state index contributed by atoms with van der Waals surface area (Å²) in [4.78, 5) is 4.37. The number of aryl methyl sites for hydroxylation is 2. The maximum atomic E-state index is 12.4. The zero-order chi connectivity index (χ0) is 16.3. The van der Waals surface area contributed by atoms with Gasteiger partial charge in [0.05, 0.1) is 16.8 Å². The van der Waals surface area contributed by atoms with E-state index in [1.54, 1.807) is 36.5 Å². The third kappa shape index (κ3) is 3.98. The van der Waals surface area contributed by atoms with Crippen LogP contribution in [0.4, 0.5) is 11.5 Å². The fourth-order valence-corrected chi connectivity index (χ4v) is 3.04. The topological polar surface area (TPSA) is 71.1 Å². The van der Waals surface area contributed by atoms with Crippen LogP contribution in [0.5, 0.6) is 0 Å². The van der Waals surface area contributed by atoms with Crippen molar-refractivity contribution in [1.82, 2.24) is 4.98 Å². The summed E-state index contributed by atoms with van der Waals surface area (Å²) in [7, 11) is -3.62. The van der Waals surface area contributed by atoms with Gasteiger partial charge in [-0.15, -0.1) is 0 Å². The average Bonchev–Trinajstić information content (AvgIpc) is 2.43. The number of anilines is 2. The first-order chi connectivity index (χ1) is 10.3. The second-order valence-corrected chi connectivity index (χ2v) is 7.27. The molecular formula is C16H21N3O2S. The van der Waals surface area contributed by atoms with E-state index in [1.807, 2.05) is 27.7 Å². The van der Waals surface area contributed by atoms with Crippen molar-refractivity contribution in [3.63, 3.8) is 0 Å². The van der Waals surface area contributed by atoms with E-state index in [4.69, 9.17) is 0 Å². The zero-order valence-electron chi connectivity index (χ0n) is 13.2. The van der Waals surface area contributed by atoms with Gasteiger partial charge in [-0.25, -0.2) is 13.4 Å². The summed E-state index contributed by atoms with van der Waals surface area (Å²) >= 11 is 0. The maximum Gasteiger partial charge on any atom is 0.263 e. The molecule has 1 aromatic heterocycles. The Kier molecular flexibility index (Phi) is 4.71. The van der Waals surface area contributed by atoms with E-state index < -0.39 is 10.0 Å². The summed E-state index contributed by atoms with van der Waals surface area (Å²) in [5.74, 6) is 0.299. The minimum atomic E-state index is -3.62. The van der Waals surface area contributed by atoms with Crippen molar-refractivity contribution in [1.29, 1.82) is 0 Å². The molecule has 118 valence electrons. The standard InChI is InChI=1S/C16H21N3O2S/c1-11(2)18-14-6-8-16(17-10-14)19-22(20,21)15-7-5-12(3)13(4)9-15/h5-11,18H,1-4H3,(H,17,19). The van der Waals surface area contributed by atoms with Crippen molar-refractivity contribution in [3.05, 3.63) is 47.7 Å². The smallest absolute Gasteiger partial charge is 0.263 e. The van der Waals surface area contributed by atoms with E-state index in [0.717, 1.165) is 16.8 Å². The monoisotopic (exact) mass is 319 g/mol. The number of benzene rings is 1. The molecule has 0 aliphatic carbocycles. The molecular weight excluding hydrogens is 298 g/mol. The highest BCUT2D eigenvalue weighted by Crippen LogP contribution is 2.18. The number of hydrogen-bond acceptors (Lipinski definition) is 4. The van der Waals surface area contributed by atoms with Gasteiger partial charge in [-0.3, -0.25) is 4.72 Å². The quantitative estimate of drug-likeness (QED) is 0.887. The Morgan fingerprint density at radius 1 is 1.05 bits per heavy atom. The van der Waals surface area contributed by atoms with Crippen LogP contribution < -0.4 is 10.0 Å². The fraction of sp³-hybridized carbons (Fsp3) is 0.312. The van der Waals surface area contributed by atoms with Gasteiger partial charge in [0.25, 0.3) is 10.0 Å². The summed E-state index contributed by atoms with van der Waals surface area (Å²) in [6.45, 7) is 7.88. The molecule has 5 nitrogen and oxygen atoms in total. The Hall–Kier alpha value is -2.08. The number of pyridine rings is 1. The molecule has 6 heteroatoms. The molecule has 0 saturated carbocycles. The molecule has 22 heavy (non-hydrogen) atoms. The van der Waals surface area contributed by atoms with Gasteiger partial charge >= 0.3 is 0 Å². The molecule has 0 radical (unpaired) electrons. The molecule has 2 aromatic rings. The third-order valence-corrected chi connectivity index (χ3v) is 4.60. The lowest BCUT2D eigenvalue weighted by molar-refractivity contribution is 0.601. The first-order valence-corrected chi connectivity index (χ1v) is 8.59. The molecule has 0 atom stereocenters. The molecule has 1 aromatic carbocycles. The van der Waals surface area contributed by atoms with E-state index in [2.05, 4.69) is 15.0 Å².